The van der Waals surface area contributed by atoms with Crippen molar-refractivity contribution in [2.45, 2.75) is 0 Å². The van der Waals surface area contributed by atoms with Gasteiger partial charge in [0.2, 0.25) is 5.95 Å². The molecule has 0 bridgehead atoms. The molecule has 0 saturated carbocycles. The van der Waals surface area contributed by atoms with Crippen molar-refractivity contribution in [3.05, 3.63) is 52.3 Å². The summed E-state index contributed by atoms with van der Waals surface area (Å²) in [5.41, 5.74) is 5.72. The van der Waals surface area contributed by atoms with E-state index >= 15 is 0 Å². The summed E-state index contributed by atoms with van der Waals surface area (Å²) in [5.74, 6) is -2.34. The van der Waals surface area contributed by atoms with Gasteiger partial charge in [-0.05, 0) is 18.2 Å². The van der Waals surface area contributed by atoms with Gasteiger partial charge in [-0.3, -0.25) is 4.57 Å². The minimum atomic E-state index is -0.846. The maximum absolute atomic E-state index is 13.9. The molecule has 0 saturated heterocycles. The number of nitrogen functional groups attached to an aromatic ring is 1. The van der Waals surface area contributed by atoms with Crippen molar-refractivity contribution in [2.24, 2.45) is 0 Å². The molecule has 0 aliphatic heterocycles. The Balaban J connectivity index is 2.42. The minimum absolute atomic E-state index is 0.0596. The van der Waals surface area contributed by atoms with E-state index in [4.69, 9.17) is 5.73 Å². The molecule has 0 fully saturated rings. The Morgan fingerprint density at radius 2 is 1.80 bits per heavy atom. The maximum atomic E-state index is 13.9. The molecule has 3 aromatic rings. The lowest BCUT2D eigenvalue weighted by Gasteiger charge is -2.08. The second-order valence-electron chi connectivity index (χ2n) is 4.16. The van der Waals surface area contributed by atoms with E-state index in [1.807, 2.05) is 0 Å². The monoisotopic (exact) mass is 341 g/mol. The van der Waals surface area contributed by atoms with Crippen LogP contribution in [0.3, 0.4) is 0 Å². The largest absolute Gasteiger partial charge is 0.369 e. The second kappa shape index (κ2) is 4.52. The van der Waals surface area contributed by atoms with Gasteiger partial charge in [0.05, 0.1) is 11.2 Å². The van der Waals surface area contributed by atoms with Gasteiger partial charge in [-0.1, -0.05) is 15.9 Å². The highest BCUT2D eigenvalue weighted by atomic mass is 79.9. The van der Waals surface area contributed by atoms with Crippen LogP contribution in [0.25, 0.3) is 16.7 Å². The van der Waals surface area contributed by atoms with Crippen LogP contribution >= 0.6 is 15.9 Å². The molecule has 0 atom stereocenters. The zero-order valence-corrected chi connectivity index (χ0v) is 11.5. The Kier molecular flexibility index (Phi) is 2.93. The first-order chi connectivity index (χ1) is 9.47. The average molecular weight is 342 g/mol. The molecular weight excluding hydrogens is 335 g/mol. The van der Waals surface area contributed by atoms with Crippen LogP contribution in [0.2, 0.25) is 0 Å². The smallest absolute Gasteiger partial charge is 0.206 e. The number of halogens is 4. The van der Waals surface area contributed by atoms with Crippen molar-refractivity contribution in [3.8, 4) is 5.69 Å². The van der Waals surface area contributed by atoms with Crippen molar-refractivity contribution < 1.29 is 13.2 Å². The van der Waals surface area contributed by atoms with E-state index < -0.39 is 17.5 Å². The fraction of sp³-hybridized carbons (Fsp3) is 0. The van der Waals surface area contributed by atoms with Crippen LogP contribution in [0.4, 0.5) is 19.1 Å². The van der Waals surface area contributed by atoms with Crippen LogP contribution in [0, 0.1) is 17.5 Å². The summed E-state index contributed by atoms with van der Waals surface area (Å²) in [6, 6.07) is 5.95. The standard InChI is InChI=1S/C13H7BrF3N3/c14-6-1-2-8(16)10(3-6)20-11-5-7(15)4-9(17)12(11)19-13(20)18/h1-5H,(H2,18,19). The molecule has 0 aliphatic rings. The van der Waals surface area contributed by atoms with E-state index in [2.05, 4.69) is 20.9 Å². The second-order valence-corrected chi connectivity index (χ2v) is 5.07. The van der Waals surface area contributed by atoms with E-state index in [-0.39, 0.29) is 22.7 Å². The zero-order chi connectivity index (χ0) is 14.4. The van der Waals surface area contributed by atoms with Crippen molar-refractivity contribution in [1.29, 1.82) is 0 Å². The molecular formula is C13H7BrF3N3. The van der Waals surface area contributed by atoms with Gasteiger partial charge in [-0.15, -0.1) is 0 Å². The lowest BCUT2D eigenvalue weighted by atomic mass is 10.2. The first-order valence-electron chi connectivity index (χ1n) is 5.56. The van der Waals surface area contributed by atoms with Crippen molar-refractivity contribution in [3.63, 3.8) is 0 Å². The van der Waals surface area contributed by atoms with Gasteiger partial charge in [0, 0.05) is 16.6 Å². The summed E-state index contributed by atoms with van der Waals surface area (Å²) in [7, 11) is 0. The number of benzene rings is 2. The highest BCUT2D eigenvalue weighted by Gasteiger charge is 2.17. The van der Waals surface area contributed by atoms with E-state index in [1.165, 1.54) is 22.8 Å². The predicted octanol–water partition coefficient (Wildman–Crippen LogP) is 3.79. The molecule has 0 unspecified atom stereocenters. The molecule has 0 aliphatic carbocycles. The number of nitrogens with two attached hydrogens (primary N) is 1. The number of hydrogen-bond acceptors (Lipinski definition) is 2. The van der Waals surface area contributed by atoms with Crippen LogP contribution in [0.1, 0.15) is 0 Å². The average Bonchev–Trinajstić information content (AvgIpc) is 2.69. The number of aromatic nitrogens is 2. The Morgan fingerprint density at radius 1 is 1.05 bits per heavy atom. The summed E-state index contributed by atoms with van der Waals surface area (Å²) >= 11 is 3.21. The van der Waals surface area contributed by atoms with E-state index in [9.17, 15) is 13.2 Å². The zero-order valence-electron chi connectivity index (χ0n) is 9.87. The number of imidazole rings is 1. The summed E-state index contributed by atoms with van der Waals surface area (Å²) in [6.07, 6.45) is 0. The van der Waals surface area contributed by atoms with Crippen LogP contribution in [-0.4, -0.2) is 9.55 Å². The fourth-order valence-corrected chi connectivity index (χ4v) is 2.38. The van der Waals surface area contributed by atoms with E-state index in [0.717, 1.165) is 6.07 Å². The van der Waals surface area contributed by atoms with Gasteiger partial charge < -0.3 is 5.73 Å². The minimum Gasteiger partial charge on any atom is -0.369 e. The number of fused-ring (bicyclic) bond motifs is 1. The molecule has 0 radical (unpaired) electrons. The molecule has 20 heavy (non-hydrogen) atoms. The lowest BCUT2D eigenvalue weighted by molar-refractivity contribution is 0.590. The number of rotatable bonds is 1. The van der Waals surface area contributed by atoms with Crippen LogP contribution in [0.5, 0.6) is 0 Å². The molecule has 3 rings (SSSR count). The highest BCUT2D eigenvalue weighted by molar-refractivity contribution is 9.10. The Morgan fingerprint density at radius 3 is 2.55 bits per heavy atom. The third-order valence-corrected chi connectivity index (χ3v) is 3.35. The number of hydrogen-bond donors (Lipinski definition) is 1. The number of nitrogens with zero attached hydrogens (tertiary/aromatic N) is 2. The number of anilines is 1. The van der Waals surface area contributed by atoms with Crippen LogP contribution in [-0.2, 0) is 0 Å². The molecule has 2 N–H and O–H groups in total. The first-order valence-corrected chi connectivity index (χ1v) is 6.35. The first kappa shape index (κ1) is 13.0. The van der Waals surface area contributed by atoms with Gasteiger partial charge in [-0.25, -0.2) is 18.2 Å². The van der Waals surface area contributed by atoms with Crippen molar-refractivity contribution >= 4 is 32.9 Å². The Labute approximate surface area is 120 Å². The highest BCUT2D eigenvalue weighted by Crippen LogP contribution is 2.28. The SMILES string of the molecule is Nc1nc2c(F)cc(F)cc2n1-c1cc(Br)ccc1F. The van der Waals surface area contributed by atoms with Gasteiger partial charge >= 0.3 is 0 Å². The normalized spacial score (nSPS) is 11.2. The topological polar surface area (TPSA) is 43.8 Å². The van der Waals surface area contributed by atoms with Gasteiger partial charge in [0.25, 0.3) is 0 Å². The quantitative estimate of drug-likeness (QED) is 0.731. The summed E-state index contributed by atoms with van der Waals surface area (Å²) in [4.78, 5) is 3.82. The van der Waals surface area contributed by atoms with Crippen LogP contribution in [0.15, 0.2) is 34.8 Å². The maximum Gasteiger partial charge on any atom is 0.206 e. The van der Waals surface area contributed by atoms with E-state index in [1.54, 1.807) is 0 Å². The Bertz CT molecular complexity index is 829. The summed E-state index contributed by atoms with van der Waals surface area (Å²) in [6.45, 7) is 0. The van der Waals surface area contributed by atoms with Gasteiger partial charge in [0.15, 0.2) is 5.82 Å². The molecule has 0 amide bonds. The molecule has 0 spiro atoms. The van der Waals surface area contributed by atoms with Gasteiger partial charge in [0.1, 0.15) is 17.2 Å². The van der Waals surface area contributed by atoms with E-state index in [0.29, 0.717) is 10.5 Å². The molecule has 1 aromatic heterocycles. The lowest BCUT2D eigenvalue weighted by Crippen LogP contribution is -2.03. The third-order valence-electron chi connectivity index (χ3n) is 2.85. The van der Waals surface area contributed by atoms with Gasteiger partial charge in [-0.2, -0.15) is 0 Å². The molecule has 3 nitrogen and oxygen atoms in total. The molecule has 7 heteroatoms. The molecule has 102 valence electrons. The molecule has 2 aromatic carbocycles. The van der Waals surface area contributed by atoms with Crippen molar-refractivity contribution in [2.75, 3.05) is 5.73 Å². The predicted molar refractivity (Wildman–Crippen MR) is 73.1 cm³/mol. The van der Waals surface area contributed by atoms with Crippen molar-refractivity contribution in [1.82, 2.24) is 9.55 Å². The van der Waals surface area contributed by atoms with Crippen LogP contribution < -0.4 is 5.73 Å². The summed E-state index contributed by atoms with van der Waals surface area (Å²) < 4.78 is 42.7. The Hall–Kier alpha value is -2.02. The summed E-state index contributed by atoms with van der Waals surface area (Å²) in [5, 5.41) is 0. The third kappa shape index (κ3) is 1.94. The molecule has 1 heterocycles. The fourth-order valence-electron chi connectivity index (χ4n) is 2.03.